The molecular weight excluding hydrogens is 204 g/mol. The van der Waals surface area contributed by atoms with Gasteiger partial charge < -0.3 is 14.6 Å². The van der Waals surface area contributed by atoms with Gasteiger partial charge in [-0.15, -0.1) is 0 Å². The highest BCUT2D eigenvalue weighted by molar-refractivity contribution is 6.05. The van der Waals surface area contributed by atoms with Crippen molar-refractivity contribution in [1.29, 1.82) is 0 Å². The maximum Gasteiger partial charge on any atom is 0.346 e. The van der Waals surface area contributed by atoms with E-state index >= 15 is 0 Å². The molecule has 0 aromatic heterocycles. The van der Waals surface area contributed by atoms with Crippen LogP contribution in [0.25, 0.3) is 0 Å². The van der Waals surface area contributed by atoms with E-state index < -0.39 is 29.4 Å². The third-order valence-corrected chi connectivity index (χ3v) is 1.96. The average Bonchev–Trinajstić information content (AvgIpc) is 2.45. The van der Waals surface area contributed by atoms with Crippen LogP contribution in [-0.4, -0.2) is 41.6 Å². The van der Waals surface area contributed by atoms with E-state index in [1.54, 1.807) is 0 Å². The van der Waals surface area contributed by atoms with E-state index in [4.69, 9.17) is 0 Å². The fourth-order valence-corrected chi connectivity index (χ4v) is 1.25. The molecule has 0 spiro atoms. The molecule has 0 aliphatic heterocycles. The lowest BCUT2D eigenvalue weighted by Gasteiger charge is -2.24. The number of esters is 2. The van der Waals surface area contributed by atoms with Gasteiger partial charge in [-0.3, -0.25) is 9.59 Å². The Morgan fingerprint density at radius 2 is 2.13 bits per heavy atom. The monoisotopic (exact) mass is 214 g/mol. The summed E-state index contributed by atoms with van der Waals surface area (Å²) >= 11 is 0. The number of hydrogen-bond donors (Lipinski definition) is 1. The lowest BCUT2D eigenvalue weighted by molar-refractivity contribution is -0.177. The summed E-state index contributed by atoms with van der Waals surface area (Å²) < 4.78 is 8.87. The summed E-state index contributed by atoms with van der Waals surface area (Å²) in [4.78, 5) is 33.1. The number of ketones is 1. The molecule has 0 amide bonds. The number of ether oxygens (including phenoxy) is 2. The van der Waals surface area contributed by atoms with Gasteiger partial charge in [0.2, 0.25) is 11.7 Å². The Labute approximate surface area is 85.5 Å². The van der Waals surface area contributed by atoms with Gasteiger partial charge in [-0.1, -0.05) is 0 Å². The first-order valence-electron chi connectivity index (χ1n) is 4.13. The normalized spacial score (nSPS) is 29.0. The highest BCUT2D eigenvalue weighted by Gasteiger charge is 2.52. The molecule has 0 fully saturated rings. The minimum absolute atomic E-state index is 0.655. The van der Waals surface area contributed by atoms with Crippen LogP contribution >= 0.6 is 0 Å². The second kappa shape index (κ2) is 3.82. The molecule has 0 aromatic carbocycles. The zero-order valence-corrected chi connectivity index (χ0v) is 8.22. The molecule has 0 saturated carbocycles. The molecule has 0 saturated heterocycles. The van der Waals surface area contributed by atoms with Crippen LogP contribution in [0.15, 0.2) is 12.2 Å². The summed E-state index contributed by atoms with van der Waals surface area (Å²) in [5.41, 5.74) is -2.21. The van der Waals surface area contributed by atoms with Gasteiger partial charge in [-0.2, -0.15) is 0 Å². The molecule has 0 bridgehead atoms. The number of hydrogen-bond acceptors (Lipinski definition) is 6. The molecular formula is C9H10O6. The van der Waals surface area contributed by atoms with Crippen molar-refractivity contribution in [1.82, 2.24) is 0 Å². The topological polar surface area (TPSA) is 89.9 Å². The lowest BCUT2D eigenvalue weighted by Crippen LogP contribution is -2.50. The van der Waals surface area contributed by atoms with Crippen molar-refractivity contribution in [3.05, 3.63) is 12.2 Å². The Kier molecular flexibility index (Phi) is 2.90. The van der Waals surface area contributed by atoms with Crippen molar-refractivity contribution in [2.24, 2.45) is 0 Å². The minimum atomic E-state index is -2.21. The van der Waals surface area contributed by atoms with Gasteiger partial charge in [-0.25, -0.2) is 4.79 Å². The first-order chi connectivity index (χ1) is 6.91. The van der Waals surface area contributed by atoms with Crippen LogP contribution < -0.4 is 0 Å². The molecule has 6 heteroatoms. The molecule has 0 aromatic rings. The molecule has 1 aliphatic carbocycles. The summed E-state index contributed by atoms with van der Waals surface area (Å²) in [6.45, 7) is 1.07. The van der Waals surface area contributed by atoms with Crippen molar-refractivity contribution in [3.63, 3.8) is 0 Å². The first-order valence-corrected chi connectivity index (χ1v) is 4.13. The van der Waals surface area contributed by atoms with E-state index in [1.807, 2.05) is 0 Å². The molecule has 2 atom stereocenters. The van der Waals surface area contributed by atoms with Crippen molar-refractivity contribution in [2.75, 3.05) is 7.11 Å². The highest BCUT2D eigenvalue weighted by atomic mass is 16.6. The fourth-order valence-electron chi connectivity index (χ4n) is 1.25. The fraction of sp³-hybridized carbons (Fsp3) is 0.444. The minimum Gasteiger partial charge on any atom is -0.467 e. The zero-order chi connectivity index (χ0) is 11.6. The van der Waals surface area contributed by atoms with E-state index in [0.717, 1.165) is 26.2 Å². The van der Waals surface area contributed by atoms with Gasteiger partial charge in [0.1, 0.15) is 0 Å². The Balaban J connectivity index is 2.97. The van der Waals surface area contributed by atoms with Gasteiger partial charge in [0.15, 0.2) is 5.78 Å². The summed E-state index contributed by atoms with van der Waals surface area (Å²) in [6.07, 6.45) is 0.377. The average molecular weight is 214 g/mol. The summed E-state index contributed by atoms with van der Waals surface area (Å²) in [5.74, 6) is -2.46. The molecule has 15 heavy (non-hydrogen) atoms. The number of carbonyl (C=O) groups is 3. The lowest BCUT2D eigenvalue weighted by atomic mass is 10.0. The Hall–Kier alpha value is -1.69. The third kappa shape index (κ3) is 1.89. The van der Waals surface area contributed by atoms with Gasteiger partial charge in [0, 0.05) is 6.92 Å². The van der Waals surface area contributed by atoms with Crippen LogP contribution in [0.2, 0.25) is 0 Å². The Bertz CT molecular complexity index is 345. The van der Waals surface area contributed by atoms with Crippen LogP contribution in [0.3, 0.4) is 0 Å². The van der Waals surface area contributed by atoms with Crippen molar-refractivity contribution in [2.45, 2.75) is 18.6 Å². The quantitative estimate of drug-likeness (QED) is 0.590. The molecule has 1 rings (SSSR count). The first kappa shape index (κ1) is 11.4. The maximum atomic E-state index is 11.2. The smallest absolute Gasteiger partial charge is 0.346 e. The Morgan fingerprint density at radius 3 is 2.60 bits per heavy atom. The maximum absolute atomic E-state index is 11.2. The second-order valence-electron chi connectivity index (χ2n) is 3.04. The highest BCUT2D eigenvalue weighted by Crippen LogP contribution is 2.25. The van der Waals surface area contributed by atoms with Gasteiger partial charge >= 0.3 is 11.9 Å². The van der Waals surface area contributed by atoms with Crippen LogP contribution in [0.5, 0.6) is 0 Å². The summed E-state index contributed by atoms with van der Waals surface area (Å²) in [6, 6.07) is 0. The molecule has 6 nitrogen and oxygen atoms in total. The van der Waals surface area contributed by atoms with E-state index in [0.29, 0.717) is 0 Å². The summed E-state index contributed by atoms with van der Waals surface area (Å²) in [5, 5.41) is 9.78. The van der Waals surface area contributed by atoms with Crippen LogP contribution in [0, 0.1) is 0 Å². The van der Waals surface area contributed by atoms with Crippen LogP contribution in [-0.2, 0) is 23.9 Å². The molecule has 1 N–H and O–H groups in total. The van der Waals surface area contributed by atoms with E-state index in [9.17, 15) is 19.5 Å². The van der Waals surface area contributed by atoms with E-state index in [1.165, 1.54) is 0 Å². The molecule has 1 aliphatic rings. The van der Waals surface area contributed by atoms with Gasteiger partial charge in [0.05, 0.1) is 7.11 Å². The van der Waals surface area contributed by atoms with Crippen LogP contribution in [0.1, 0.15) is 6.92 Å². The van der Waals surface area contributed by atoms with Crippen molar-refractivity contribution < 1.29 is 29.0 Å². The largest absolute Gasteiger partial charge is 0.467 e. The van der Waals surface area contributed by atoms with Crippen LogP contribution in [0.4, 0.5) is 0 Å². The molecule has 2 unspecified atom stereocenters. The number of methoxy groups -OCH3 is 1. The SMILES string of the molecule is COC(=O)C1(O)C=CC(=O)C1OC(C)=O. The summed E-state index contributed by atoms with van der Waals surface area (Å²) in [7, 11) is 1.06. The Morgan fingerprint density at radius 1 is 1.53 bits per heavy atom. The van der Waals surface area contributed by atoms with E-state index in [-0.39, 0.29) is 0 Å². The standard InChI is InChI=1S/C9H10O6/c1-5(10)15-7-6(11)3-4-9(7,13)8(12)14-2/h3-4,7,13H,1-2H3. The van der Waals surface area contributed by atoms with Crippen molar-refractivity contribution in [3.8, 4) is 0 Å². The van der Waals surface area contributed by atoms with Gasteiger partial charge in [-0.05, 0) is 12.2 Å². The molecule has 0 radical (unpaired) electrons. The second-order valence-corrected chi connectivity index (χ2v) is 3.04. The predicted octanol–water partition coefficient (Wildman–Crippen LogP) is -1.04. The zero-order valence-electron chi connectivity index (χ0n) is 8.22. The number of carbonyl (C=O) groups excluding carboxylic acids is 3. The molecule has 0 heterocycles. The molecule has 82 valence electrons. The number of aliphatic hydroxyl groups is 1. The number of rotatable bonds is 2. The van der Waals surface area contributed by atoms with Crippen molar-refractivity contribution >= 4 is 17.7 Å². The van der Waals surface area contributed by atoms with Gasteiger partial charge in [0.25, 0.3) is 0 Å². The third-order valence-electron chi connectivity index (χ3n) is 1.96. The van der Waals surface area contributed by atoms with E-state index in [2.05, 4.69) is 9.47 Å². The predicted molar refractivity (Wildman–Crippen MR) is 46.7 cm³/mol.